The van der Waals surface area contributed by atoms with Gasteiger partial charge in [0, 0.05) is 5.69 Å². The van der Waals surface area contributed by atoms with Crippen LogP contribution in [-0.4, -0.2) is 24.9 Å². The lowest BCUT2D eigenvalue weighted by Crippen LogP contribution is -2.21. The average molecular weight is 189 g/mol. The monoisotopic (exact) mass is 189 g/mol. The fourth-order valence-electron chi connectivity index (χ4n) is 0.770. The predicted octanol–water partition coefficient (Wildman–Crippen LogP) is -0.233. The van der Waals surface area contributed by atoms with Crippen LogP contribution in [0.2, 0.25) is 0 Å². The molecule has 0 radical (unpaired) electrons. The third-order valence-electron chi connectivity index (χ3n) is 1.27. The van der Waals surface area contributed by atoms with E-state index < -0.39 is 10.0 Å². The van der Waals surface area contributed by atoms with Crippen molar-refractivity contribution >= 4 is 10.0 Å². The van der Waals surface area contributed by atoms with E-state index >= 15 is 0 Å². The van der Waals surface area contributed by atoms with Gasteiger partial charge >= 0.3 is 0 Å². The molecule has 1 rings (SSSR count). The molecule has 6 heteroatoms. The smallest absolute Gasteiger partial charge is 0.209 e. The van der Waals surface area contributed by atoms with Crippen molar-refractivity contribution in [3.63, 3.8) is 0 Å². The zero-order valence-corrected chi connectivity index (χ0v) is 7.77. The number of aromatic amines is 1. The molecule has 0 atom stereocenters. The molecule has 0 saturated carbocycles. The van der Waals surface area contributed by atoms with Gasteiger partial charge in [0.05, 0.1) is 18.5 Å². The largest absolute Gasteiger partial charge is 0.283 e. The van der Waals surface area contributed by atoms with Gasteiger partial charge in [0.25, 0.3) is 0 Å². The highest BCUT2D eigenvalue weighted by atomic mass is 32.2. The molecule has 0 amide bonds. The van der Waals surface area contributed by atoms with Crippen LogP contribution in [0.3, 0.4) is 0 Å². The Morgan fingerprint density at radius 3 is 2.75 bits per heavy atom. The minimum absolute atomic E-state index is 0.239. The number of hydrogen-bond acceptors (Lipinski definition) is 3. The highest BCUT2D eigenvalue weighted by Crippen LogP contribution is 1.96. The molecule has 0 bridgehead atoms. The molecule has 1 aromatic rings. The predicted molar refractivity (Wildman–Crippen MR) is 45.0 cm³/mol. The molecule has 0 aliphatic rings. The number of hydrogen-bond donors (Lipinski definition) is 2. The number of nitrogens with zero attached hydrogens (tertiary/aromatic N) is 1. The number of aromatic nitrogens is 2. The van der Waals surface area contributed by atoms with Crippen LogP contribution in [0.4, 0.5) is 0 Å². The Morgan fingerprint density at radius 2 is 2.33 bits per heavy atom. The maximum absolute atomic E-state index is 10.7. The summed E-state index contributed by atoms with van der Waals surface area (Å²) in [6.45, 7) is 2.10. The first-order valence-electron chi connectivity index (χ1n) is 3.43. The van der Waals surface area contributed by atoms with Crippen molar-refractivity contribution < 1.29 is 8.42 Å². The molecule has 12 heavy (non-hydrogen) atoms. The quantitative estimate of drug-likeness (QED) is 0.689. The minimum Gasteiger partial charge on any atom is -0.283 e. The molecular formula is C6H11N3O2S. The summed E-state index contributed by atoms with van der Waals surface area (Å²) in [6.07, 6.45) is 1.12. The van der Waals surface area contributed by atoms with Gasteiger partial charge in [-0.05, 0) is 13.0 Å². The first-order chi connectivity index (χ1) is 5.47. The van der Waals surface area contributed by atoms with Gasteiger partial charge in [0.1, 0.15) is 0 Å². The van der Waals surface area contributed by atoms with E-state index in [1.165, 1.54) is 0 Å². The molecule has 1 aromatic heterocycles. The Balaban J connectivity index is 2.55. The summed E-state index contributed by atoms with van der Waals surface area (Å²) in [6, 6.07) is 1.79. The second-order valence-corrected chi connectivity index (χ2v) is 4.47. The molecular weight excluding hydrogens is 178 g/mol. The van der Waals surface area contributed by atoms with Crippen LogP contribution in [0.5, 0.6) is 0 Å². The molecule has 0 saturated heterocycles. The summed E-state index contributed by atoms with van der Waals surface area (Å²) in [5.41, 5.74) is 1.61. The average Bonchev–Trinajstić information content (AvgIpc) is 2.30. The molecule has 0 aliphatic heterocycles. The van der Waals surface area contributed by atoms with E-state index in [0.29, 0.717) is 5.69 Å². The molecule has 0 aromatic carbocycles. The summed E-state index contributed by atoms with van der Waals surface area (Å²) in [5, 5.41) is 6.59. The lowest BCUT2D eigenvalue weighted by atomic mass is 10.4. The topological polar surface area (TPSA) is 74.8 Å². The zero-order valence-electron chi connectivity index (χ0n) is 6.96. The van der Waals surface area contributed by atoms with Gasteiger partial charge in [-0.3, -0.25) is 5.10 Å². The van der Waals surface area contributed by atoms with E-state index in [1.54, 1.807) is 6.07 Å². The van der Waals surface area contributed by atoms with Crippen molar-refractivity contribution in [2.24, 2.45) is 0 Å². The van der Waals surface area contributed by atoms with Crippen LogP contribution in [0.15, 0.2) is 6.07 Å². The molecule has 2 N–H and O–H groups in total. The van der Waals surface area contributed by atoms with Crippen molar-refractivity contribution in [2.45, 2.75) is 13.5 Å². The maximum Gasteiger partial charge on any atom is 0.209 e. The third kappa shape index (κ3) is 3.02. The van der Waals surface area contributed by atoms with Crippen LogP contribution in [0.25, 0.3) is 0 Å². The van der Waals surface area contributed by atoms with Gasteiger partial charge in [-0.25, -0.2) is 13.1 Å². The van der Waals surface area contributed by atoms with Crippen LogP contribution >= 0.6 is 0 Å². The van der Waals surface area contributed by atoms with E-state index in [2.05, 4.69) is 14.9 Å². The molecule has 1 heterocycles. The second-order valence-electron chi connectivity index (χ2n) is 2.64. The van der Waals surface area contributed by atoms with Crippen molar-refractivity contribution in [3.8, 4) is 0 Å². The van der Waals surface area contributed by atoms with E-state index in [4.69, 9.17) is 0 Å². The minimum atomic E-state index is -3.12. The first kappa shape index (κ1) is 9.21. The van der Waals surface area contributed by atoms with E-state index in [0.717, 1.165) is 11.9 Å². The number of H-pyrrole nitrogens is 1. The Kier molecular flexibility index (Phi) is 2.49. The summed E-state index contributed by atoms with van der Waals surface area (Å²) in [5.74, 6) is 0. The Labute approximate surface area is 71.2 Å². The van der Waals surface area contributed by atoms with Gasteiger partial charge < -0.3 is 0 Å². The van der Waals surface area contributed by atoms with Crippen LogP contribution in [0, 0.1) is 6.92 Å². The summed E-state index contributed by atoms with van der Waals surface area (Å²) in [4.78, 5) is 0. The van der Waals surface area contributed by atoms with Crippen LogP contribution < -0.4 is 4.72 Å². The standard InChI is InChI=1S/C6H11N3O2S/c1-5-3-6(9-8-5)4-7-12(2,10)11/h3,7H,4H2,1-2H3,(H,8,9). The number of rotatable bonds is 3. The highest BCUT2D eigenvalue weighted by Gasteiger charge is 2.02. The van der Waals surface area contributed by atoms with Gasteiger partial charge in [0.15, 0.2) is 0 Å². The second kappa shape index (κ2) is 3.24. The number of nitrogens with one attached hydrogen (secondary N) is 2. The first-order valence-corrected chi connectivity index (χ1v) is 5.32. The number of aryl methyl sites for hydroxylation is 1. The lowest BCUT2D eigenvalue weighted by Gasteiger charge is -1.96. The van der Waals surface area contributed by atoms with Crippen molar-refractivity contribution in [3.05, 3.63) is 17.5 Å². The fraction of sp³-hybridized carbons (Fsp3) is 0.500. The summed E-state index contributed by atoms with van der Waals surface area (Å²) >= 11 is 0. The van der Waals surface area contributed by atoms with Gasteiger partial charge in [-0.1, -0.05) is 0 Å². The van der Waals surface area contributed by atoms with Gasteiger partial charge in [0.2, 0.25) is 10.0 Å². The third-order valence-corrected chi connectivity index (χ3v) is 1.94. The Morgan fingerprint density at radius 1 is 1.67 bits per heavy atom. The lowest BCUT2D eigenvalue weighted by molar-refractivity contribution is 0.586. The molecule has 0 unspecified atom stereocenters. The molecule has 0 spiro atoms. The molecule has 0 aliphatic carbocycles. The van der Waals surface area contributed by atoms with Crippen molar-refractivity contribution in [1.82, 2.24) is 14.9 Å². The maximum atomic E-state index is 10.7. The van der Waals surface area contributed by atoms with Crippen molar-refractivity contribution in [1.29, 1.82) is 0 Å². The fourth-order valence-corrected chi connectivity index (χ4v) is 1.18. The summed E-state index contributed by atoms with van der Waals surface area (Å²) in [7, 11) is -3.12. The SMILES string of the molecule is Cc1cc(CNS(C)(=O)=O)n[nH]1. The molecule has 68 valence electrons. The van der Waals surface area contributed by atoms with Gasteiger partial charge in [-0.2, -0.15) is 5.10 Å². The van der Waals surface area contributed by atoms with Crippen LogP contribution in [-0.2, 0) is 16.6 Å². The van der Waals surface area contributed by atoms with E-state index in [1.807, 2.05) is 6.92 Å². The van der Waals surface area contributed by atoms with Gasteiger partial charge in [-0.15, -0.1) is 0 Å². The Hall–Kier alpha value is -0.880. The van der Waals surface area contributed by atoms with Crippen molar-refractivity contribution in [2.75, 3.05) is 6.26 Å². The molecule has 0 fully saturated rings. The molecule has 5 nitrogen and oxygen atoms in total. The normalized spacial score (nSPS) is 11.8. The van der Waals surface area contributed by atoms with E-state index in [9.17, 15) is 8.42 Å². The van der Waals surface area contributed by atoms with E-state index in [-0.39, 0.29) is 6.54 Å². The number of sulfonamides is 1. The van der Waals surface area contributed by atoms with Crippen LogP contribution in [0.1, 0.15) is 11.4 Å². The zero-order chi connectivity index (χ0) is 9.19. The summed E-state index contributed by atoms with van der Waals surface area (Å²) < 4.78 is 23.7. The Bertz CT molecular complexity index is 355. The highest BCUT2D eigenvalue weighted by molar-refractivity contribution is 7.88.